The van der Waals surface area contributed by atoms with E-state index in [0.29, 0.717) is 10.6 Å². The number of nitriles is 1. The van der Waals surface area contributed by atoms with Gasteiger partial charge < -0.3 is 11.1 Å². The third kappa shape index (κ3) is 3.07. The van der Waals surface area contributed by atoms with E-state index < -0.39 is 11.8 Å². The van der Waals surface area contributed by atoms with Crippen molar-refractivity contribution in [3.05, 3.63) is 57.5 Å². The van der Waals surface area contributed by atoms with Crippen LogP contribution in [0.15, 0.2) is 35.9 Å². The van der Waals surface area contributed by atoms with Gasteiger partial charge in [-0.15, -0.1) is 11.3 Å². The number of anilines is 1. The second-order valence-electron chi connectivity index (χ2n) is 5.46. The third-order valence-electron chi connectivity index (χ3n) is 3.87. The Labute approximate surface area is 143 Å². The van der Waals surface area contributed by atoms with Crippen molar-refractivity contribution in [3.63, 3.8) is 0 Å². The largest absolute Gasteiger partial charge is 0.365 e. The molecule has 0 bridgehead atoms. The Morgan fingerprint density at radius 2 is 2.00 bits per heavy atom. The number of thiophene rings is 1. The van der Waals surface area contributed by atoms with Crippen LogP contribution in [0.3, 0.4) is 0 Å². The zero-order chi connectivity index (χ0) is 17.1. The zero-order valence-corrected chi connectivity index (χ0v) is 13.7. The highest BCUT2D eigenvalue weighted by atomic mass is 32.1. The van der Waals surface area contributed by atoms with Crippen molar-refractivity contribution < 1.29 is 9.59 Å². The summed E-state index contributed by atoms with van der Waals surface area (Å²) in [5.41, 5.74) is 7.54. The number of nitrogens with two attached hydrogens (primary N) is 1. The van der Waals surface area contributed by atoms with Gasteiger partial charge in [-0.25, -0.2) is 0 Å². The molecule has 0 saturated carbocycles. The van der Waals surface area contributed by atoms with E-state index in [1.165, 1.54) is 17.4 Å². The Morgan fingerprint density at radius 1 is 1.25 bits per heavy atom. The summed E-state index contributed by atoms with van der Waals surface area (Å²) in [6.45, 7) is 0. The number of nitrogens with one attached hydrogen (secondary N) is 1. The first-order valence-electron chi connectivity index (χ1n) is 7.52. The SMILES string of the molecule is N#CC(=Cc1ccccc1)C(=O)Nc1sc2c(c1C(N)=O)CCC2. The van der Waals surface area contributed by atoms with E-state index >= 15 is 0 Å². The maximum Gasteiger partial charge on any atom is 0.266 e. The Kier molecular flexibility index (Phi) is 4.45. The summed E-state index contributed by atoms with van der Waals surface area (Å²) in [5.74, 6) is -1.08. The van der Waals surface area contributed by atoms with Crippen molar-refractivity contribution in [3.8, 4) is 6.07 Å². The van der Waals surface area contributed by atoms with Gasteiger partial charge >= 0.3 is 0 Å². The first-order chi connectivity index (χ1) is 11.6. The molecule has 3 N–H and O–H groups in total. The van der Waals surface area contributed by atoms with Gasteiger partial charge in [0.05, 0.1) is 5.56 Å². The van der Waals surface area contributed by atoms with E-state index in [1.54, 1.807) is 12.1 Å². The lowest BCUT2D eigenvalue weighted by atomic mass is 10.1. The normalized spacial score (nSPS) is 13.2. The van der Waals surface area contributed by atoms with Crippen LogP contribution >= 0.6 is 11.3 Å². The van der Waals surface area contributed by atoms with Crippen LogP contribution in [-0.2, 0) is 17.6 Å². The number of carbonyl (C=O) groups excluding carboxylic acids is 2. The molecule has 6 heteroatoms. The van der Waals surface area contributed by atoms with Crippen molar-refractivity contribution in [2.24, 2.45) is 5.73 Å². The summed E-state index contributed by atoms with van der Waals surface area (Å²) in [6, 6.07) is 11.0. The van der Waals surface area contributed by atoms with Crippen molar-refractivity contribution in [2.45, 2.75) is 19.3 Å². The molecule has 1 aliphatic rings. The van der Waals surface area contributed by atoms with E-state index in [1.807, 2.05) is 24.3 Å². The van der Waals surface area contributed by atoms with Crippen LogP contribution in [-0.4, -0.2) is 11.8 Å². The number of carbonyl (C=O) groups is 2. The molecule has 120 valence electrons. The van der Waals surface area contributed by atoms with Gasteiger partial charge in [-0.2, -0.15) is 5.26 Å². The minimum Gasteiger partial charge on any atom is -0.365 e. The summed E-state index contributed by atoms with van der Waals surface area (Å²) in [5, 5.41) is 12.4. The van der Waals surface area contributed by atoms with Gasteiger partial charge in [-0.3, -0.25) is 9.59 Å². The van der Waals surface area contributed by atoms with Gasteiger partial charge in [0, 0.05) is 4.88 Å². The van der Waals surface area contributed by atoms with E-state index in [9.17, 15) is 14.9 Å². The number of nitrogens with zero attached hydrogens (tertiary/aromatic N) is 1. The molecule has 1 heterocycles. The van der Waals surface area contributed by atoms with Gasteiger partial charge in [0.25, 0.3) is 11.8 Å². The predicted molar refractivity (Wildman–Crippen MR) is 93.5 cm³/mol. The molecule has 0 radical (unpaired) electrons. The predicted octanol–water partition coefficient (Wildman–Crippen LogP) is 2.88. The highest BCUT2D eigenvalue weighted by molar-refractivity contribution is 7.17. The Bertz CT molecular complexity index is 876. The number of rotatable bonds is 4. The maximum atomic E-state index is 12.4. The van der Waals surface area contributed by atoms with Gasteiger partial charge in [-0.1, -0.05) is 30.3 Å². The van der Waals surface area contributed by atoms with Crippen LogP contribution < -0.4 is 11.1 Å². The molecule has 1 aromatic carbocycles. The average Bonchev–Trinajstić information content (AvgIpc) is 3.13. The van der Waals surface area contributed by atoms with Crippen molar-refractivity contribution in [1.82, 2.24) is 0 Å². The minimum absolute atomic E-state index is 0.0230. The number of fused-ring (bicyclic) bond motifs is 1. The summed E-state index contributed by atoms with van der Waals surface area (Å²) < 4.78 is 0. The zero-order valence-electron chi connectivity index (χ0n) is 12.8. The van der Waals surface area contributed by atoms with E-state index in [-0.39, 0.29) is 5.57 Å². The molecule has 3 rings (SSSR count). The van der Waals surface area contributed by atoms with Crippen LogP contribution in [0.1, 0.15) is 32.8 Å². The van der Waals surface area contributed by atoms with E-state index in [4.69, 9.17) is 5.73 Å². The molecular formula is C18H15N3O2S. The molecule has 2 aromatic rings. The van der Waals surface area contributed by atoms with E-state index in [2.05, 4.69) is 5.32 Å². The number of amides is 2. The molecule has 0 unspecified atom stereocenters. The molecule has 1 aliphatic carbocycles. The topological polar surface area (TPSA) is 96.0 Å². The standard InChI is InChI=1S/C18H15N3O2S/c19-10-12(9-11-5-2-1-3-6-11)17(23)21-18-15(16(20)22)13-7-4-8-14(13)24-18/h1-3,5-6,9H,4,7-8H2,(H2,20,22)(H,21,23). The highest BCUT2D eigenvalue weighted by Gasteiger charge is 2.26. The number of hydrogen-bond donors (Lipinski definition) is 2. The molecule has 24 heavy (non-hydrogen) atoms. The van der Waals surface area contributed by atoms with Crippen LogP contribution in [0.4, 0.5) is 5.00 Å². The smallest absolute Gasteiger partial charge is 0.266 e. The molecular weight excluding hydrogens is 322 g/mol. The fourth-order valence-electron chi connectivity index (χ4n) is 2.79. The summed E-state index contributed by atoms with van der Waals surface area (Å²) >= 11 is 1.37. The number of hydrogen-bond acceptors (Lipinski definition) is 4. The fraction of sp³-hybridized carbons (Fsp3) is 0.167. The first-order valence-corrected chi connectivity index (χ1v) is 8.34. The highest BCUT2D eigenvalue weighted by Crippen LogP contribution is 2.38. The van der Waals surface area contributed by atoms with Crippen LogP contribution in [0.2, 0.25) is 0 Å². The van der Waals surface area contributed by atoms with Crippen LogP contribution in [0.5, 0.6) is 0 Å². The number of aryl methyl sites for hydroxylation is 1. The van der Waals surface area contributed by atoms with Crippen molar-refractivity contribution >= 4 is 34.2 Å². The molecule has 0 fully saturated rings. The lowest BCUT2D eigenvalue weighted by Gasteiger charge is -2.05. The number of primary amides is 1. The van der Waals surface area contributed by atoms with Crippen molar-refractivity contribution in [1.29, 1.82) is 5.26 Å². The summed E-state index contributed by atoms with van der Waals surface area (Å²) in [4.78, 5) is 25.2. The monoisotopic (exact) mass is 337 g/mol. The third-order valence-corrected chi connectivity index (χ3v) is 5.08. The Hall–Kier alpha value is -2.91. The molecule has 0 saturated heterocycles. The fourth-order valence-corrected chi connectivity index (χ4v) is 4.08. The average molecular weight is 337 g/mol. The molecule has 0 atom stereocenters. The van der Waals surface area contributed by atoms with Gasteiger partial charge in [0.15, 0.2) is 0 Å². The van der Waals surface area contributed by atoms with Gasteiger partial charge in [0.1, 0.15) is 16.6 Å². The molecule has 5 nitrogen and oxygen atoms in total. The summed E-state index contributed by atoms with van der Waals surface area (Å²) in [7, 11) is 0. The minimum atomic E-state index is -0.546. The summed E-state index contributed by atoms with van der Waals surface area (Å²) in [6.07, 6.45) is 4.19. The van der Waals surface area contributed by atoms with E-state index in [0.717, 1.165) is 35.3 Å². The van der Waals surface area contributed by atoms with Gasteiger partial charge in [-0.05, 0) is 36.5 Å². The second kappa shape index (κ2) is 6.69. The molecule has 2 amide bonds. The Balaban J connectivity index is 1.89. The second-order valence-corrected chi connectivity index (χ2v) is 6.57. The quantitative estimate of drug-likeness (QED) is 0.663. The molecule has 1 aromatic heterocycles. The van der Waals surface area contributed by atoms with Crippen molar-refractivity contribution in [2.75, 3.05) is 5.32 Å². The lowest BCUT2D eigenvalue weighted by molar-refractivity contribution is -0.112. The number of benzene rings is 1. The Morgan fingerprint density at radius 3 is 2.67 bits per heavy atom. The molecule has 0 spiro atoms. The van der Waals surface area contributed by atoms with Gasteiger partial charge in [0.2, 0.25) is 0 Å². The molecule has 0 aliphatic heterocycles. The maximum absolute atomic E-state index is 12.4. The van der Waals surface area contributed by atoms with Crippen LogP contribution in [0, 0.1) is 11.3 Å². The van der Waals surface area contributed by atoms with Crippen LogP contribution in [0.25, 0.3) is 6.08 Å². The first kappa shape index (κ1) is 16.0. The lowest BCUT2D eigenvalue weighted by Crippen LogP contribution is -2.18.